The second kappa shape index (κ2) is 4.11. The van der Waals surface area contributed by atoms with Gasteiger partial charge in [-0.25, -0.2) is 0 Å². The number of nitrogens with zero attached hydrogens (tertiary/aromatic N) is 2. The third-order valence-corrected chi connectivity index (χ3v) is 3.76. The van der Waals surface area contributed by atoms with Gasteiger partial charge in [-0.1, -0.05) is 6.08 Å². The molecule has 1 unspecified atom stereocenters. The molecule has 1 aromatic heterocycles. The Hall–Kier alpha value is -1.60. The van der Waals surface area contributed by atoms with E-state index in [1.165, 1.54) is 11.3 Å². The van der Waals surface area contributed by atoms with E-state index in [2.05, 4.69) is 12.6 Å². The Kier molecular flexibility index (Phi) is 2.80. The summed E-state index contributed by atoms with van der Waals surface area (Å²) in [7, 11) is 0. The lowest BCUT2D eigenvalue weighted by Crippen LogP contribution is -2.23. The van der Waals surface area contributed by atoms with Gasteiger partial charge in [-0.3, -0.25) is 4.79 Å². The van der Waals surface area contributed by atoms with Gasteiger partial charge in [0.15, 0.2) is 0 Å². The minimum atomic E-state index is 0.0863. The van der Waals surface area contributed by atoms with Crippen LogP contribution in [0.5, 0.6) is 0 Å². The smallest absolute Gasteiger partial charge is 0.228 e. The number of hydrogen-bond acceptors (Lipinski definition) is 3. The Labute approximate surface area is 98.6 Å². The second-order valence-electron chi connectivity index (χ2n) is 3.89. The first-order valence-electron chi connectivity index (χ1n) is 5.09. The van der Waals surface area contributed by atoms with Gasteiger partial charge in [-0.05, 0) is 13.0 Å². The van der Waals surface area contributed by atoms with Gasteiger partial charge in [0.1, 0.15) is 11.1 Å². The molecule has 0 aromatic carbocycles. The maximum Gasteiger partial charge on any atom is 0.228 e. The molecular weight excluding hydrogens is 220 g/mol. The van der Waals surface area contributed by atoms with Gasteiger partial charge in [0.2, 0.25) is 5.91 Å². The van der Waals surface area contributed by atoms with Crippen LogP contribution in [0.3, 0.4) is 0 Å². The lowest BCUT2D eigenvalue weighted by molar-refractivity contribution is -0.117. The van der Waals surface area contributed by atoms with Gasteiger partial charge in [-0.15, -0.1) is 17.9 Å². The molecular formula is C12H12N2OS. The molecule has 1 aliphatic rings. The lowest BCUT2D eigenvalue weighted by Gasteiger charge is -2.13. The zero-order chi connectivity index (χ0) is 11.7. The predicted octanol–water partition coefficient (Wildman–Crippen LogP) is 2.47. The van der Waals surface area contributed by atoms with Gasteiger partial charge in [-0.2, -0.15) is 5.26 Å². The van der Waals surface area contributed by atoms with Gasteiger partial charge >= 0.3 is 0 Å². The lowest BCUT2D eigenvalue weighted by atomic mass is 10.1. The molecule has 0 saturated carbocycles. The number of nitriles is 1. The van der Waals surface area contributed by atoms with E-state index in [0.717, 1.165) is 9.88 Å². The molecule has 82 valence electrons. The summed E-state index contributed by atoms with van der Waals surface area (Å²) in [4.78, 5) is 14.6. The normalized spacial score (nSPS) is 19.9. The summed E-state index contributed by atoms with van der Waals surface area (Å²) in [6.07, 6.45) is 2.32. The molecule has 0 N–H and O–H groups in total. The third kappa shape index (κ3) is 1.74. The van der Waals surface area contributed by atoms with Crippen molar-refractivity contribution in [3.05, 3.63) is 29.2 Å². The van der Waals surface area contributed by atoms with Gasteiger partial charge < -0.3 is 4.90 Å². The van der Waals surface area contributed by atoms with Crippen LogP contribution < -0.4 is 4.90 Å². The van der Waals surface area contributed by atoms with E-state index in [1.807, 2.05) is 19.1 Å². The summed E-state index contributed by atoms with van der Waals surface area (Å²) < 4.78 is 0. The van der Waals surface area contributed by atoms with Crippen molar-refractivity contribution in [3.63, 3.8) is 0 Å². The fourth-order valence-electron chi connectivity index (χ4n) is 1.87. The van der Waals surface area contributed by atoms with E-state index in [9.17, 15) is 4.79 Å². The van der Waals surface area contributed by atoms with Crippen LogP contribution in [0.2, 0.25) is 0 Å². The van der Waals surface area contributed by atoms with E-state index in [0.29, 0.717) is 18.5 Å². The molecule has 2 heterocycles. The summed E-state index contributed by atoms with van der Waals surface area (Å²) in [6, 6.07) is 3.97. The molecule has 0 spiro atoms. The van der Waals surface area contributed by atoms with Crippen LogP contribution in [0, 0.1) is 24.2 Å². The highest BCUT2D eigenvalue weighted by Crippen LogP contribution is 2.34. The molecule has 1 atom stereocenters. The van der Waals surface area contributed by atoms with Crippen LogP contribution in [0.1, 0.15) is 16.9 Å². The van der Waals surface area contributed by atoms with Crippen molar-refractivity contribution in [1.82, 2.24) is 0 Å². The van der Waals surface area contributed by atoms with Crippen molar-refractivity contribution >= 4 is 22.2 Å². The number of carbonyl (C=O) groups excluding carboxylic acids is 1. The van der Waals surface area contributed by atoms with Gasteiger partial charge in [0, 0.05) is 23.8 Å². The molecule has 1 saturated heterocycles. The fourth-order valence-corrected chi connectivity index (χ4v) is 2.85. The molecule has 4 heteroatoms. The summed E-state index contributed by atoms with van der Waals surface area (Å²) >= 11 is 1.50. The first-order chi connectivity index (χ1) is 7.65. The van der Waals surface area contributed by atoms with Crippen molar-refractivity contribution in [3.8, 4) is 6.07 Å². The zero-order valence-corrected chi connectivity index (χ0v) is 9.88. The summed E-state index contributed by atoms with van der Waals surface area (Å²) in [5, 5.41) is 9.79. The van der Waals surface area contributed by atoms with E-state index in [4.69, 9.17) is 5.26 Å². The molecule has 0 bridgehead atoms. The SMILES string of the molecule is C=CC1CC(=O)N(c2sc(C)cc2C#N)C1. The summed E-state index contributed by atoms with van der Waals surface area (Å²) in [5.41, 5.74) is 0.598. The Morgan fingerprint density at radius 1 is 1.75 bits per heavy atom. The van der Waals surface area contributed by atoms with Crippen molar-refractivity contribution < 1.29 is 4.79 Å². The molecule has 1 aromatic rings. The first kappa shape index (κ1) is 10.9. The Morgan fingerprint density at radius 3 is 3.06 bits per heavy atom. The Morgan fingerprint density at radius 2 is 2.50 bits per heavy atom. The minimum Gasteiger partial charge on any atom is -0.302 e. The fraction of sp³-hybridized carbons (Fsp3) is 0.333. The highest BCUT2D eigenvalue weighted by Gasteiger charge is 2.31. The van der Waals surface area contributed by atoms with Gasteiger partial charge in [0.05, 0.1) is 5.56 Å². The van der Waals surface area contributed by atoms with Crippen LogP contribution in [0.4, 0.5) is 5.00 Å². The van der Waals surface area contributed by atoms with Crippen LogP contribution in [0.15, 0.2) is 18.7 Å². The molecule has 16 heavy (non-hydrogen) atoms. The maximum absolute atomic E-state index is 11.8. The molecule has 2 rings (SSSR count). The monoisotopic (exact) mass is 232 g/mol. The van der Waals surface area contributed by atoms with Gasteiger partial charge in [0.25, 0.3) is 0 Å². The van der Waals surface area contributed by atoms with E-state index in [1.54, 1.807) is 4.90 Å². The highest BCUT2D eigenvalue weighted by atomic mass is 32.1. The predicted molar refractivity (Wildman–Crippen MR) is 64.4 cm³/mol. The Bertz CT molecular complexity index is 484. The maximum atomic E-state index is 11.8. The topological polar surface area (TPSA) is 44.1 Å². The van der Waals surface area contributed by atoms with Crippen LogP contribution >= 0.6 is 11.3 Å². The summed E-state index contributed by atoms with van der Waals surface area (Å²) in [6.45, 7) is 6.31. The number of amides is 1. The quantitative estimate of drug-likeness (QED) is 0.735. The van der Waals surface area contributed by atoms with Crippen LogP contribution in [-0.2, 0) is 4.79 Å². The second-order valence-corrected chi connectivity index (χ2v) is 5.13. The number of thiophene rings is 1. The number of anilines is 1. The average molecular weight is 232 g/mol. The minimum absolute atomic E-state index is 0.0863. The number of carbonyl (C=O) groups is 1. The number of rotatable bonds is 2. The van der Waals surface area contributed by atoms with Crippen molar-refractivity contribution in [2.75, 3.05) is 11.4 Å². The number of hydrogen-bond donors (Lipinski definition) is 0. The van der Waals surface area contributed by atoms with Crippen molar-refractivity contribution in [1.29, 1.82) is 5.26 Å². The zero-order valence-electron chi connectivity index (χ0n) is 9.06. The van der Waals surface area contributed by atoms with Crippen molar-refractivity contribution in [2.45, 2.75) is 13.3 Å². The van der Waals surface area contributed by atoms with Crippen molar-refractivity contribution in [2.24, 2.45) is 5.92 Å². The first-order valence-corrected chi connectivity index (χ1v) is 5.90. The molecule has 3 nitrogen and oxygen atoms in total. The molecule has 1 fully saturated rings. The number of aryl methyl sites for hydroxylation is 1. The molecule has 0 aliphatic carbocycles. The van der Waals surface area contributed by atoms with E-state index in [-0.39, 0.29) is 11.8 Å². The molecule has 0 radical (unpaired) electrons. The highest BCUT2D eigenvalue weighted by molar-refractivity contribution is 7.16. The van der Waals surface area contributed by atoms with E-state index >= 15 is 0 Å². The summed E-state index contributed by atoms with van der Waals surface area (Å²) in [5.74, 6) is 0.296. The Balaban J connectivity index is 2.35. The molecule has 1 amide bonds. The largest absolute Gasteiger partial charge is 0.302 e. The van der Waals surface area contributed by atoms with Crippen LogP contribution in [0.25, 0.3) is 0 Å². The van der Waals surface area contributed by atoms with Crippen LogP contribution in [-0.4, -0.2) is 12.5 Å². The standard InChI is InChI=1S/C12H12N2OS/c1-3-9-5-11(15)14(7-9)12-10(6-13)4-8(2)16-12/h3-4,9H,1,5,7H2,2H3. The molecule has 1 aliphatic heterocycles. The third-order valence-electron chi connectivity index (χ3n) is 2.69. The average Bonchev–Trinajstić information content (AvgIpc) is 2.81. The van der Waals surface area contributed by atoms with E-state index < -0.39 is 0 Å².